The normalized spacial score (nSPS) is 6.77. The van der Waals surface area contributed by atoms with Gasteiger partial charge in [-0.3, -0.25) is 4.98 Å². The van der Waals surface area contributed by atoms with Gasteiger partial charge in [-0.1, -0.05) is 6.07 Å². The maximum atomic E-state index is 3.78. The van der Waals surface area contributed by atoms with Crippen LogP contribution in [-0.4, -0.2) is 15.4 Å². The Morgan fingerprint density at radius 3 is 1.46 bits per heavy atom. The van der Waals surface area contributed by atoms with Crippen LogP contribution in [0.3, 0.4) is 0 Å². The Morgan fingerprint density at radius 1 is 0.769 bits per heavy atom. The molecule has 0 aromatic carbocycles. The van der Waals surface area contributed by atoms with E-state index in [1.54, 1.807) is 12.4 Å². The summed E-state index contributed by atoms with van der Waals surface area (Å²) < 4.78 is 0. The van der Waals surface area contributed by atoms with Crippen LogP contribution in [0.25, 0.3) is 0 Å². The van der Waals surface area contributed by atoms with Crippen molar-refractivity contribution in [3.8, 4) is 0 Å². The van der Waals surface area contributed by atoms with Gasteiger partial charge in [-0.05, 0) is 24.3 Å². The number of hydrogen-bond acceptors (Lipinski definition) is 2. The summed E-state index contributed by atoms with van der Waals surface area (Å²) in [6, 6.07) is 9.60. The predicted octanol–water partition coefficient (Wildman–Crippen LogP) is -1.08. The van der Waals surface area contributed by atoms with Gasteiger partial charge >= 0.3 is 29.6 Å². The van der Waals surface area contributed by atoms with Gasteiger partial charge in [0.2, 0.25) is 0 Å². The second-order valence-corrected chi connectivity index (χ2v) is 1.91. The largest absolute Gasteiger partial charge is 1.00 e. The molecular formula is C9H11N2NaO. The molecule has 2 aromatic heterocycles. The van der Waals surface area contributed by atoms with Gasteiger partial charge in [-0.25, -0.2) is 0 Å². The van der Waals surface area contributed by atoms with Crippen LogP contribution in [0, 0.1) is 0 Å². The molecule has 0 fully saturated rings. The molecule has 64 valence electrons. The minimum Gasteiger partial charge on any atom is -0.870 e. The molecule has 0 saturated heterocycles. The van der Waals surface area contributed by atoms with Crippen molar-refractivity contribution in [2.75, 3.05) is 0 Å². The quantitative estimate of drug-likeness (QED) is 0.532. The monoisotopic (exact) mass is 186 g/mol. The molecule has 0 saturated carbocycles. The summed E-state index contributed by atoms with van der Waals surface area (Å²) in [6.07, 6.45) is 7.25. The van der Waals surface area contributed by atoms with Gasteiger partial charge in [0.1, 0.15) is 0 Å². The first-order valence-corrected chi connectivity index (χ1v) is 3.43. The predicted molar refractivity (Wildman–Crippen MR) is 47.0 cm³/mol. The molecule has 2 aromatic rings. The molecule has 0 bridgehead atoms. The van der Waals surface area contributed by atoms with Crippen LogP contribution in [0.2, 0.25) is 0 Å². The van der Waals surface area contributed by atoms with Gasteiger partial charge in [0.15, 0.2) is 0 Å². The molecule has 13 heavy (non-hydrogen) atoms. The van der Waals surface area contributed by atoms with E-state index >= 15 is 0 Å². The van der Waals surface area contributed by atoms with Crippen molar-refractivity contribution in [2.24, 2.45) is 0 Å². The van der Waals surface area contributed by atoms with E-state index in [1.165, 1.54) is 0 Å². The smallest absolute Gasteiger partial charge is 0.870 e. The van der Waals surface area contributed by atoms with Crippen LogP contribution in [0.15, 0.2) is 55.1 Å². The molecular weight excluding hydrogens is 175 g/mol. The summed E-state index contributed by atoms with van der Waals surface area (Å²) in [5.74, 6) is 0. The zero-order chi connectivity index (χ0) is 7.78. The molecule has 4 heteroatoms. The fourth-order valence-corrected chi connectivity index (χ4v) is 0.590. The molecule has 2 heterocycles. The summed E-state index contributed by atoms with van der Waals surface area (Å²) in [6.45, 7) is 0. The van der Waals surface area contributed by atoms with Crippen LogP contribution in [0.4, 0.5) is 0 Å². The Morgan fingerprint density at radius 2 is 1.31 bits per heavy atom. The maximum absolute atomic E-state index is 3.78. The number of nitrogens with zero attached hydrogens (tertiary/aromatic N) is 1. The van der Waals surface area contributed by atoms with E-state index in [2.05, 4.69) is 9.97 Å². The number of nitrogens with one attached hydrogen (secondary N) is 1. The number of pyridine rings is 1. The number of H-pyrrole nitrogens is 1. The summed E-state index contributed by atoms with van der Waals surface area (Å²) in [7, 11) is 0. The fraction of sp³-hybridized carbons (Fsp3) is 0. The Balaban J connectivity index is 0. The van der Waals surface area contributed by atoms with Gasteiger partial charge in [0.05, 0.1) is 0 Å². The Hall–Kier alpha value is -0.610. The van der Waals surface area contributed by atoms with Crippen LogP contribution >= 0.6 is 0 Å². The van der Waals surface area contributed by atoms with Gasteiger partial charge < -0.3 is 10.5 Å². The molecule has 0 aliphatic rings. The molecule has 2 rings (SSSR count). The van der Waals surface area contributed by atoms with Crippen molar-refractivity contribution >= 4 is 0 Å². The van der Waals surface area contributed by atoms with E-state index in [9.17, 15) is 0 Å². The summed E-state index contributed by atoms with van der Waals surface area (Å²) >= 11 is 0. The van der Waals surface area contributed by atoms with Crippen LogP contribution in [0.5, 0.6) is 0 Å². The first-order chi connectivity index (χ1) is 5.50. The molecule has 0 atom stereocenters. The Labute approximate surface area is 99.8 Å². The van der Waals surface area contributed by atoms with E-state index < -0.39 is 0 Å². The van der Waals surface area contributed by atoms with Crippen molar-refractivity contribution in [2.45, 2.75) is 0 Å². The Kier molecular flexibility index (Phi) is 13.0. The topological polar surface area (TPSA) is 58.7 Å². The first-order valence-electron chi connectivity index (χ1n) is 3.43. The second-order valence-electron chi connectivity index (χ2n) is 1.91. The minimum absolute atomic E-state index is 0. The van der Waals surface area contributed by atoms with E-state index in [1.807, 2.05) is 42.7 Å². The zero-order valence-electron chi connectivity index (χ0n) is 7.59. The number of hydrogen-bond donors (Lipinski definition) is 1. The summed E-state index contributed by atoms with van der Waals surface area (Å²) in [4.78, 5) is 6.65. The Bertz CT molecular complexity index is 203. The van der Waals surface area contributed by atoms with Crippen molar-refractivity contribution in [3.63, 3.8) is 0 Å². The first kappa shape index (κ1) is 14.9. The molecule has 0 radical (unpaired) electrons. The third-order valence-corrected chi connectivity index (χ3v) is 1.06. The molecule has 0 amide bonds. The number of aromatic nitrogens is 2. The fourth-order valence-electron chi connectivity index (χ4n) is 0.590. The van der Waals surface area contributed by atoms with E-state index in [4.69, 9.17) is 0 Å². The van der Waals surface area contributed by atoms with Crippen molar-refractivity contribution in [1.29, 1.82) is 0 Å². The average Bonchev–Trinajstić information content (AvgIpc) is 2.64. The van der Waals surface area contributed by atoms with Crippen molar-refractivity contribution in [1.82, 2.24) is 9.97 Å². The molecule has 0 spiro atoms. The SMILES string of the molecule is [Na+].[OH-].c1cc[nH]c1.c1ccncc1. The van der Waals surface area contributed by atoms with Crippen LogP contribution in [-0.2, 0) is 0 Å². The van der Waals surface area contributed by atoms with Gasteiger partial charge in [-0.15, -0.1) is 0 Å². The third kappa shape index (κ3) is 9.30. The van der Waals surface area contributed by atoms with E-state index in [0.29, 0.717) is 0 Å². The van der Waals surface area contributed by atoms with Crippen molar-refractivity contribution in [3.05, 3.63) is 55.1 Å². The standard InChI is InChI=1S/C5H5N.C4H5N.Na.H2O/c1-2-4-6-5-3-1;1-2-4-5-3-1;;/h1-5H;1-5H;;1H2/q;;+1;/p-1. The molecule has 3 nitrogen and oxygen atoms in total. The van der Waals surface area contributed by atoms with Gasteiger partial charge in [-0.2, -0.15) is 0 Å². The zero-order valence-corrected chi connectivity index (χ0v) is 9.59. The van der Waals surface area contributed by atoms with Gasteiger partial charge in [0, 0.05) is 24.8 Å². The van der Waals surface area contributed by atoms with Crippen LogP contribution < -0.4 is 29.6 Å². The molecule has 0 aliphatic carbocycles. The van der Waals surface area contributed by atoms with Crippen molar-refractivity contribution < 1.29 is 35.0 Å². The molecule has 2 N–H and O–H groups in total. The summed E-state index contributed by atoms with van der Waals surface area (Å²) in [5.41, 5.74) is 0. The van der Waals surface area contributed by atoms with E-state index in [-0.39, 0.29) is 35.0 Å². The molecule has 0 unspecified atom stereocenters. The number of rotatable bonds is 0. The minimum atomic E-state index is 0. The van der Waals surface area contributed by atoms with Crippen LogP contribution in [0.1, 0.15) is 0 Å². The van der Waals surface area contributed by atoms with Gasteiger partial charge in [0.25, 0.3) is 0 Å². The maximum Gasteiger partial charge on any atom is 1.00 e. The number of aromatic amines is 1. The molecule has 0 aliphatic heterocycles. The summed E-state index contributed by atoms with van der Waals surface area (Å²) in [5, 5.41) is 0. The van der Waals surface area contributed by atoms with E-state index in [0.717, 1.165) is 0 Å². The third-order valence-electron chi connectivity index (χ3n) is 1.06. The average molecular weight is 186 g/mol. The second kappa shape index (κ2) is 11.4.